The highest BCUT2D eigenvalue weighted by molar-refractivity contribution is 7.12. The Labute approximate surface area is 205 Å². The van der Waals surface area contributed by atoms with E-state index in [2.05, 4.69) is 0 Å². The largest absolute Gasteiger partial charge is 0.469 e. The zero-order valence-electron chi connectivity index (χ0n) is 18.5. The third-order valence-corrected chi connectivity index (χ3v) is 8.48. The molecular weight excluding hydrogens is 458 g/mol. The second-order valence-electron chi connectivity index (χ2n) is 9.12. The number of thiophene rings is 1. The van der Waals surface area contributed by atoms with Crippen molar-refractivity contribution in [1.29, 1.82) is 0 Å². The molecule has 1 aliphatic carbocycles. The first-order valence-corrected chi connectivity index (χ1v) is 12.4. The van der Waals surface area contributed by atoms with E-state index in [1.165, 1.54) is 17.6 Å². The summed E-state index contributed by atoms with van der Waals surface area (Å²) in [6.45, 7) is 0. The normalized spacial score (nSPS) is 23.4. The zero-order chi connectivity index (χ0) is 23.7. The third-order valence-electron chi connectivity index (χ3n) is 7.60. The molecule has 2 aliphatic heterocycles. The lowest BCUT2D eigenvalue weighted by Gasteiger charge is -2.37. The van der Waals surface area contributed by atoms with Crippen LogP contribution in [0.5, 0.6) is 0 Å². The van der Waals surface area contributed by atoms with E-state index >= 15 is 0 Å². The fourth-order valence-electron chi connectivity index (χ4n) is 6.26. The van der Waals surface area contributed by atoms with Crippen molar-refractivity contribution in [3.63, 3.8) is 0 Å². The Morgan fingerprint density at radius 3 is 2.31 bits per heavy atom. The number of benzene rings is 2. The molecule has 0 saturated carbocycles. The molecule has 3 atom stereocenters. The predicted octanol–water partition coefficient (Wildman–Crippen LogP) is 5.66. The van der Waals surface area contributed by atoms with Gasteiger partial charge in [-0.25, -0.2) is 0 Å². The number of ketones is 3. The Morgan fingerprint density at radius 1 is 0.886 bits per heavy atom. The number of fused-ring (bicyclic) bond motifs is 5. The number of nitrogens with zero attached hydrogens (tertiary/aromatic N) is 1. The molecule has 170 valence electrons. The molecule has 1 fully saturated rings. The number of carbonyl (C=O) groups excluding carboxylic acids is 3. The number of carbonyl (C=O) groups is 3. The van der Waals surface area contributed by atoms with Gasteiger partial charge in [-0.15, -0.1) is 11.3 Å². The average molecular weight is 478 g/mol. The summed E-state index contributed by atoms with van der Waals surface area (Å²) in [6, 6.07) is 20.5. The van der Waals surface area contributed by atoms with Crippen LogP contribution in [-0.2, 0) is 0 Å². The van der Waals surface area contributed by atoms with Gasteiger partial charge in [0.05, 0.1) is 23.1 Å². The van der Waals surface area contributed by atoms with E-state index < -0.39 is 23.4 Å². The van der Waals surface area contributed by atoms with Crippen LogP contribution >= 0.6 is 11.3 Å². The fourth-order valence-corrected chi connectivity index (χ4v) is 6.96. The second kappa shape index (κ2) is 7.23. The quantitative estimate of drug-likeness (QED) is 0.281. The molecule has 0 radical (unpaired) electrons. The minimum Gasteiger partial charge on any atom is -0.469 e. The molecule has 4 heterocycles. The monoisotopic (exact) mass is 477 g/mol. The number of para-hydroxylation sites is 1. The average Bonchev–Trinajstić information content (AvgIpc) is 3.69. The number of furan rings is 1. The number of hydrogen-bond acceptors (Lipinski definition) is 6. The van der Waals surface area contributed by atoms with Gasteiger partial charge in [0.15, 0.2) is 17.3 Å². The lowest BCUT2D eigenvalue weighted by molar-refractivity contribution is 0.0652. The summed E-state index contributed by atoms with van der Waals surface area (Å²) in [4.78, 5) is 45.4. The molecule has 6 heteroatoms. The van der Waals surface area contributed by atoms with Crippen molar-refractivity contribution in [2.75, 3.05) is 4.90 Å². The Morgan fingerprint density at radius 2 is 1.63 bits per heavy atom. The van der Waals surface area contributed by atoms with Crippen LogP contribution in [-0.4, -0.2) is 29.4 Å². The first-order chi connectivity index (χ1) is 17.1. The van der Waals surface area contributed by atoms with Crippen molar-refractivity contribution in [3.05, 3.63) is 118 Å². The third kappa shape index (κ3) is 2.49. The lowest BCUT2D eigenvalue weighted by Crippen LogP contribution is -2.48. The molecule has 5 nitrogen and oxygen atoms in total. The van der Waals surface area contributed by atoms with Gasteiger partial charge in [0, 0.05) is 16.8 Å². The first-order valence-electron chi connectivity index (χ1n) is 11.5. The molecule has 0 N–H and O–H groups in total. The topological polar surface area (TPSA) is 67.6 Å². The standard InChI is InChI=1S/C29H19NO4S/c31-26(22-12-6-16-35-22)25-24(21-11-5-15-34-21)29(27(32)18-8-2-3-9-19(18)28(29)33)23-14-13-17-7-1-4-10-20(17)30(23)25/h1-16,23-25H/t23-,24-,25+/m1/s1. The maximum absolute atomic E-state index is 14.3. The Hall–Kier alpha value is -4.03. The van der Waals surface area contributed by atoms with Crippen LogP contribution < -0.4 is 4.90 Å². The van der Waals surface area contributed by atoms with Crippen molar-refractivity contribution < 1.29 is 18.8 Å². The van der Waals surface area contributed by atoms with E-state index in [0.29, 0.717) is 21.8 Å². The maximum atomic E-state index is 14.3. The summed E-state index contributed by atoms with van der Waals surface area (Å²) < 4.78 is 5.89. The SMILES string of the molecule is O=C(c1cccs1)[C@@H]1[C@@H](c2ccco2)C2(C(=O)c3ccccc3C2=O)[C@H]2C=Cc3ccccc3N12. The predicted molar refractivity (Wildman–Crippen MR) is 133 cm³/mol. The molecule has 0 unspecified atom stereocenters. The van der Waals surface area contributed by atoms with Crippen LogP contribution in [0.2, 0.25) is 0 Å². The Balaban J connectivity index is 1.55. The van der Waals surface area contributed by atoms with Crippen LogP contribution in [0.3, 0.4) is 0 Å². The van der Waals surface area contributed by atoms with Crippen LogP contribution in [0.4, 0.5) is 5.69 Å². The van der Waals surface area contributed by atoms with Gasteiger partial charge in [0.2, 0.25) is 0 Å². The van der Waals surface area contributed by atoms with Gasteiger partial charge in [-0.05, 0) is 35.2 Å². The summed E-state index contributed by atoms with van der Waals surface area (Å²) in [5.74, 6) is -0.944. The van der Waals surface area contributed by atoms with Crippen LogP contribution in [0, 0.1) is 5.41 Å². The van der Waals surface area contributed by atoms with Gasteiger partial charge in [-0.3, -0.25) is 14.4 Å². The first kappa shape index (κ1) is 20.4. The van der Waals surface area contributed by atoms with Crippen LogP contribution in [0.25, 0.3) is 6.08 Å². The highest BCUT2D eigenvalue weighted by atomic mass is 32.1. The highest BCUT2D eigenvalue weighted by Crippen LogP contribution is 2.61. The van der Waals surface area contributed by atoms with Gasteiger partial charge >= 0.3 is 0 Å². The number of anilines is 1. The smallest absolute Gasteiger partial charge is 0.195 e. The van der Waals surface area contributed by atoms with Gasteiger partial charge < -0.3 is 9.32 Å². The number of rotatable bonds is 3. The number of hydrogen-bond donors (Lipinski definition) is 0. The molecule has 4 aromatic rings. The minimum atomic E-state index is -1.51. The van der Waals surface area contributed by atoms with E-state index in [4.69, 9.17) is 4.42 Å². The van der Waals surface area contributed by atoms with Crippen LogP contribution in [0.1, 0.15) is 47.6 Å². The van der Waals surface area contributed by atoms with E-state index in [-0.39, 0.29) is 17.3 Å². The molecule has 2 aromatic heterocycles. The second-order valence-corrected chi connectivity index (χ2v) is 10.1. The lowest BCUT2D eigenvalue weighted by atomic mass is 9.66. The minimum absolute atomic E-state index is 0.120. The molecule has 7 rings (SSSR count). The molecule has 1 spiro atoms. The summed E-state index contributed by atoms with van der Waals surface area (Å²) in [7, 11) is 0. The van der Waals surface area contributed by atoms with Crippen LogP contribution in [0.15, 0.2) is 94.9 Å². The maximum Gasteiger partial charge on any atom is 0.195 e. The van der Waals surface area contributed by atoms with E-state index in [1.807, 2.05) is 52.8 Å². The van der Waals surface area contributed by atoms with Crippen molar-refractivity contribution in [3.8, 4) is 0 Å². The summed E-state index contributed by atoms with van der Waals surface area (Å²) in [5.41, 5.74) is 1.08. The van der Waals surface area contributed by atoms with Crippen molar-refractivity contribution >= 4 is 40.4 Å². The van der Waals surface area contributed by atoms with Crippen molar-refractivity contribution in [2.45, 2.75) is 18.0 Å². The molecule has 0 bridgehead atoms. The summed E-state index contributed by atoms with van der Waals surface area (Å²) in [6.07, 6.45) is 5.41. The molecule has 2 aromatic carbocycles. The van der Waals surface area contributed by atoms with E-state index in [0.717, 1.165) is 11.3 Å². The van der Waals surface area contributed by atoms with Gasteiger partial charge in [-0.1, -0.05) is 60.7 Å². The Bertz CT molecular complexity index is 1500. The molecular formula is C29H19NO4S. The van der Waals surface area contributed by atoms with E-state index in [1.54, 1.807) is 42.5 Å². The van der Waals surface area contributed by atoms with Gasteiger partial charge in [0.1, 0.15) is 17.2 Å². The Kier molecular flexibility index (Phi) is 4.21. The van der Waals surface area contributed by atoms with Gasteiger partial charge in [0.25, 0.3) is 0 Å². The number of Topliss-reactive ketones (excluding diaryl/α,β-unsaturated/α-hetero) is 3. The highest BCUT2D eigenvalue weighted by Gasteiger charge is 2.72. The zero-order valence-corrected chi connectivity index (χ0v) is 19.3. The molecule has 3 aliphatic rings. The summed E-state index contributed by atoms with van der Waals surface area (Å²) in [5, 5.41) is 1.86. The molecule has 1 saturated heterocycles. The van der Waals surface area contributed by atoms with E-state index in [9.17, 15) is 14.4 Å². The molecule has 0 amide bonds. The molecule has 35 heavy (non-hydrogen) atoms. The van der Waals surface area contributed by atoms with Crippen molar-refractivity contribution in [1.82, 2.24) is 0 Å². The summed E-state index contributed by atoms with van der Waals surface area (Å²) >= 11 is 1.36. The van der Waals surface area contributed by atoms with Gasteiger partial charge in [-0.2, -0.15) is 0 Å². The van der Waals surface area contributed by atoms with Crippen molar-refractivity contribution in [2.24, 2.45) is 5.41 Å². The fraction of sp³-hybridized carbons (Fsp3) is 0.138.